The quantitative estimate of drug-likeness (QED) is 0.529. The fourth-order valence-electron chi connectivity index (χ4n) is 0.784. The van der Waals surface area contributed by atoms with Gasteiger partial charge in [-0.1, -0.05) is 13.8 Å². The Bertz CT molecular complexity index is 105. The number of aliphatic imine (C=N–C) groups is 1. The highest BCUT2D eigenvalue weighted by molar-refractivity contribution is 5.89. The van der Waals surface area contributed by atoms with Gasteiger partial charge < -0.3 is 0 Å². The fraction of sp³-hybridized carbons (Fsp3) is 0.833. The monoisotopic (exact) mass is 112 g/mol. The number of nitrogens with one attached hydrogen (secondary N) is 1. The van der Waals surface area contributed by atoms with E-state index in [1.807, 2.05) is 0 Å². The van der Waals surface area contributed by atoms with Crippen molar-refractivity contribution in [2.45, 2.75) is 13.8 Å². The summed E-state index contributed by atoms with van der Waals surface area (Å²) in [5, 5.41) is 3.15. The Balaban J connectivity index is 2.45. The summed E-state index contributed by atoms with van der Waals surface area (Å²) < 4.78 is 0. The topological polar surface area (TPSA) is 24.4 Å². The Morgan fingerprint density at radius 3 is 2.62 bits per heavy atom. The molecule has 0 aromatic rings. The third-order valence-electron chi connectivity index (χ3n) is 1.37. The van der Waals surface area contributed by atoms with E-state index in [4.69, 9.17) is 0 Å². The molecule has 2 heteroatoms. The summed E-state index contributed by atoms with van der Waals surface area (Å²) in [4.78, 5) is 4.24. The van der Waals surface area contributed by atoms with Crippen molar-refractivity contribution >= 4 is 5.71 Å². The molecule has 0 saturated carbocycles. The Hall–Kier alpha value is -0.370. The van der Waals surface area contributed by atoms with Gasteiger partial charge in [0, 0.05) is 12.3 Å². The van der Waals surface area contributed by atoms with Gasteiger partial charge in [-0.05, 0) is 5.92 Å². The zero-order valence-corrected chi connectivity index (χ0v) is 5.44. The van der Waals surface area contributed by atoms with Crippen LogP contribution < -0.4 is 5.32 Å². The lowest BCUT2D eigenvalue weighted by molar-refractivity contribution is 0.834. The van der Waals surface area contributed by atoms with Crippen molar-refractivity contribution < 1.29 is 0 Å². The molecule has 1 N–H and O–H groups in total. The van der Waals surface area contributed by atoms with Crippen LogP contribution in [0.4, 0.5) is 0 Å². The van der Waals surface area contributed by atoms with Crippen molar-refractivity contribution in [2.75, 3.05) is 13.2 Å². The van der Waals surface area contributed by atoms with E-state index in [0.29, 0.717) is 5.92 Å². The van der Waals surface area contributed by atoms with Crippen LogP contribution in [-0.2, 0) is 0 Å². The van der Waals surface area contributed by atoms with Crippen molar-refractivity contribution in [1.82, 2.24) is 5.32 Å². The first-order valence-corrected chi connectivity index (χ1v) is 3.04. The van der Waals surface area contributed by atoms with Crippen molar-refractivity contribution in [2.24, 2.45) is 10.9 Å². The average Bonchev–Trinajstić information content (AvgIpc) is 2.12. The Morgan fingerprint density at radius 2 is 2.38 bits per heavy atom. The smallest absolute Gasteiger partial charge is 0.0887 e. The molecule has 0 fully saturated rings. The van der Waals surface area contributed by atoms with E-state index in [1.165, 1.54) is 5.71 Å². The van der Waals surface area contributed by atoms with Gasteiger partial charge >= 0.3 is 0 Å². The average molecular weight is 112 g/mol. The Morgan fingerprint density at radius 1 is 1.62 bits per heavy atom. The van der Waals surface area contributed by atoms with Crippen LogP contribution in [0.3, 0.4) is 0 Å². The molecule has 0 aliphatic carbocycles. The summed E-state index contributed by atoms with van der Waals surface area (Å²) in [6.07, 6.45) is 0. The van der Waals surface area contributed by atoms with Crippen LogP contribution in [0.25, 0.3) is 0 Å². The molecule has 0 bridgehead atoms. The molecule has 0 spiro atoms. The zero-order chi connectivity index (χ0) is 5.98. The number of nitrogens with zero attached hydrogens (tertiary/aromatic N) is 1. The van der Waals surface area contributed by atoms with Crippen molar-refractivity contribution in [3.63, 3.8) is 0 Å². The van der Waals surface area contributed by atoms with E-state index in [0.717, 1.165) is 13.2 Å². The Labute approximate surface area is 50.0 Å². The highest BCUT2D eigenvalue weighted by atomic mass is 15.1. The molecule has 1 aliphatic heterocycles. The van der Waals surface area contributed by atoms with Gasteiger partial charge in [-0.2, -0.15) is 0 Å². The molecule has 0 unspecified atom stereocenters. The molecule has 0 radical (unpaired) electrons. The fourth-order valence-corrected chi connectivity index (χ4v) is 0.784. The summed E-state index contributed by atoms with van der Waals surface area (Å²) in [5.74, 6) is 0.630. The number of hydrogen-bond acceptors (Lipinski definition) is 2. The molecule has 8 heavy (non-hydrogen) atoms. The molecule has 46 valence electrons. The minimum absolute atomic E-state index is 0.630. The normalized spacial score (nSPS) is 19.6. The van der Waals surface area contributed by atoms with E-state index in [2.05, 4.69) is 24.2 Å². The van der Waals surface area contributed by atoms with Gasteiger partial charge in [-0.25, -0.2) is 0 Å². The molecular formula is C6H12N2. The van der Waals surface area contributed by atoms with E-state index in [9.17, 15) is 0 Å². The third kappa shape index (κ3) is 1.07. The van der Waals surface area contributed by atoms with Crippen LogP contribution in [0, 0.1) is 5.92 Å². The highest BCUT2D eigenvalue weighted by Gasteiger charge is 2.07. The molecule has 0 aromatic heterocycles. The molecule has 0 aromatic carbocycles. The largest absolute Gasteiger partial charge is 0.293 e. The van der Waals surface area contributed by atoms with E-state index >= 15 is 0 Å². The lowest BCUT2D eigenvalue weighted by Crippen LogP contribution is -2.16. The van der Waals surface area contributed by atoms with E-state index < -0.39 is 0 Å². The zero-order valence-electron chi connectivity index (χ0n) is 5.44. The maximum absolute atomic E-state index is 4.24. The predicted octanol–water partition coefficient (Wildman–Crippen LogP) is 0.644. The maximum Gasteiger partial charge on any atom is 0.0887 e. The minimum atomic E-state index is 0.630. The summed E-state index contributed by atoms with van der Waals surface area (Å²) in [5.41, 5.74) is 1.31. The molecule has 1 aliphatic rings. The molecule has 1 rings (SSSR count). The predicted molar refractivity (Wildman–Crippen MR) is 35.1 cm³/mol. The van der Waals surface area contributed by atoms with Crippen LogP contribution in [0.1, 0.15) is 13.8 Å². The van der Waals surface area contributed by atoms with Crippen LogP contribution in [0.5, 0.6) is 0 Å². The molecule has 0 amide bonds. The summed E-state index contributed by atoms with van der Waals surface area (Å²) >= 11 is 0. The van der Waals surface area contributed by atoms with Gasteiger partial charge in [-0.15, -0.1) is 0 Å². The molecule has 0 atom stereocenters. The summed E-state index contributed by atoms with van der Waals surface area (Å²) in [7, 11) is 0. The molecule has 2 nitrogen and oxygen atoms in total. The van der Waals surface area contributed by atoms with Crippen molar-refractivity contribution in [3.05, 3.63) is 0 Å². The second kappa shape index (κ2) is 2.27. The van der Waals surface area contributed by atoms with Gasteiger partial charge in [0.25, 0.3) is 0 Å². The van der Waals surface area contributed by atoms with Crippen LogP contribution in [-0.4, -0.2) is 18.9 Å². The van der Waals surface area contributed by atoms with Crippen molar-refractivity contribution in [1.29, 1.82) is 0 Å². The maximum atomic E-state index is 4.24. The first-order valence-electron chi connectivity index (χ1n) is 3.04. The first kappa shape index (κ1) is 5.76. The van der Waals surface area contributed by atoms with E-state index in [-0.39, 0.29) is 0 Å². The molecular weight excluding hydrogens is 100 g/mol. The first-order chi connectivity index (χ1) is 3.80. The minimum Gasteiger partial charge on any atom is -0.293 e. The summed E-state index contributed by atoms with van der Waals surface area (Å²) in [6, 6.07) is 0. The van der Waals surface area contributed by atoms with Crippen LogP contribution in [0.15, 0.2) is 4.99 Å². The van der Waals surface area contributed by atoms with Gasteiger partial charge in [-0.3, -0.25) is 10.3 Å². The van der Waals surface area contributed by atoms with Gasteiger partial charge in [0.05, 0.1) is 6.67 Å². The van der Waals surface area contributed by atoms with Gasteiger partial charge in [0.15, 0.2) is 0 Å². The molecule has 0 saturated heterocycles. The Kier molecular flexibility index (Phi) is 1.63. The second-order valence-electron chi connectivity index (χ2n) is 2.39. The van der Waals surface area contributed by atoms with Crippen LogP contribution in [0.2, 0.25) is 0 Å². The van der Waals surface area contributed by atoms with E-state index in [1.54, 1.807) is 0 Å². The number of hydrogen-bond donors (Lipinski definition) is 1. The summed E-state index contributed by atoms with van der Waals surface area (Å²) in [6.45, 7) is 6.17. The van der Waals surface area contributed by atoms with Crippen LogP contribution >= 0.6 is 0 Å². The standard InChI is InChI=1S/C6H12N2/c1-5(2)6-3-7-4-8-6/h5,7H,3-4H2,1-2H3. The lowest BCUT2D eigenvalue weighted by atomic mass is 10.1. The third-order valence-corrected chi connectivity index (χ3v) is 1.37. The lowest BCUT2D eigenvalue weighted by Gasteiger charge is -2.00. The second-order valence-corrected chi connectivity index (χ2v) is 2.39. The molecule has 1 heterocycles. The highest BCUT2D eigenvalue weighted by Crippen LogP contribution is 1.98. The van der Waals surface area contributed by atoms with Crippen molar-refractivity contribution in [3.8, 4) is 0 Å². The van der Waals surface area contributed by atoms with Gasteiger partial charge in [0.1, 0.15) is 0 Å². The van der Waals surface area contributed by atoms with Gasteiger partial charge in [0.2, 0.25) is 0 Å². The SMILES string of the molecule is CC(C)C1=NCNC1. The number of rotatable bonds is 1.